The lowest BCUT2D eigenvalue weighted by Gasteiger charge is -2.09. The summed E-state index contributed by atoms with van der Waals surface area (Å²) in [5.41, 5.74) is 2.32. The van der Waals surface area contributed by atoms with Crippen LogP contribution in [0.15, 0.2) is 48.5 Å². The SMILES string of the molecule is COC(=O)c1ccccc1NC(=O)CCc1ccc(C#N)cc1. The lowest BCUT2D eigenvalue weighted by molar-refractivity contribution is -0.116. The number of carbonyl (C=O) groups is 2. The number of para-hydroxylation sites is 1. The largest absolute Gasteiger partial charge is 0.465 e. The zero-order valence-electron chi connectivity index (χ0n) is 12.7. The molecule has 0 spiro atoms. The number of aryl methyl sites for hydroxylation is 1. The maximum absolute atomic E-state index is 12.1. The van der Waals surface area contributed by atoms with Gasteiger partial charge in [-0.3, -0.25) is 4.79 Å². The van der Waals surface area contributed by atoms with Crippen molar-refractivity contribution in [3.63, 3.8) is 0 Å². The predicted molar refractivity (Wildman–Crippen MR) is 85.9 cm³/mol. The van der Waals surface area contributed by atoms with Gasteiger partial charge in [0.25, 0.3) is 0 Å². The third-order valence-electron chi connectivity index (χ3n) is 3.33. The molecule has 0 aromatic heterocycles. The molecule has 23 heavy (non-hydrogen) atoms. The summed E-state index contributed by atoms with van der Waals surface area (Å²) in [5.74, 6) is -0.682. The molecule has 0 radical (unpaired) electrons. The molecule has 2 aromatic rings. The summed E-state index contributed by atoms with van der Waals surface area (Å²) in [6, 6.07) is 15.9. The molecule has 0 atom stereocenters. The van der Waals surface area contributed by atoms with E-state index < -0.39 is 5.97 Å². The molecule has 0 bridgehead atoms. The van der Waals surface area contributed by atoms with E-state index in [1.54, 1.807) is 36.4 Å². The van der Waals surface area contributed by atoms with Gasteiger partial charge in [0.1, 0.15) is 0 Å². The Morgan fingerprint density at radius 1 is 1.13 bits per heavy atom. The molecule has 0 aliphatic carbocycles. The van der Waals surface area contributed by atoms with E-state index in [2.05, 4.69) is 11.4 Å². The standard InChI is InChI=1S/C18H16N2O3/c1-23-18(22)15-4-2-3-5-16(15)20-17(21)11-10-13-6-8-14(12-19)9-7-13/h2-9H,10-11H2,1H3,(H,20,21). The zero-order chi connectivity index (χ0) is 16.7. The Balaban J connectivity index is 1.97. The Hall–Kier alpha value is -3.13. The summed E-state index contributed by atoms with van der Waals surface area (Å²) in [5, 5.41) is 11.5. The van der Waals surface area contributed by atoms with Gasteiger partial charge < -0.3 is 10.1 Å². The number of methoxy groups -OCH3 is 1. The van der Waals surface area contributed by atoms with Gasteiger partial charge in [-0.25, -0.2) is 4.79 Å². The molecule has 116 valence electrons. The van der Waals surface area contributed by atoms with Gasteiger partial charge in [0.2, 0.25) is 5.91 Å². The maximum Gasteiger partial charge on any atom is 0.339 e. The van der Waals surface area contributed by atoms with E-state index in [1.807, 2.05) is 12.1 Å². The average Bonchev–Trinajstić information content (AvgIpc) is 2.60. The van der Waals surface area contributed by atoms with Crippen LogP contribution in [0.1, 0.15) is 27.9 Å². The van der Waals surface area contributed by atoms with Crippen LogP contribution < -0.4 is 5.32 Å². The number of carbonyl (C=O) groups excluding carboxylic acids is 2. The van der Waals surface area contributed by atoms with E-state index in [1.165, 1.54) is 7.11 Å². The van der Waals surface area contributed by atoms with Crippen molar-refractivity contribution >= 4 is 17.6 Å². The van der Waals surface area contributed by atoms with E-state index in [4.69, 9.17) is 10.00 Å². The Bertz CT molecular complexity index is 746. The molecule has 2 aromatic carbocycles. The van der Waals surface area contributed by atoms with Crippen molar-refractivity contribution < 1.29 is 14.3 Å². The number of amides is 1. The number of hydrogen-bond acceptors (Lipinski definition) is 4. The fourth-order valence-corrected chi connectivity index (χ4v) is 2.10. The number of ether oxygens (including phenoxy) is 1. The van der Waals surface area contributed by atoms with Crippen LogP contribution in [0, 0.1) is 11.3 Å². The molecular formula is C18H16N2O3. The van der Waals surface area contributed by atoms with E-state index >= 15 is 0 Å². The molecule has 0 fully saturated rings. The third kappa shape index (κ3) is 4.42. The quantitative estimate of drug-likeness (QED) is 0.861. The van der Waals surface area contributed by atoms with Gasteiger partial charge >= 0.3 is 5.97 Å². The lowest BCUT2D eigenvalue weighted by Crippen LogP contribution is -2.15. The van der Waals surface area contributed by atoms with Crippen LogP contribution in [0.4, 0.5) is 5.69 Å². The molecule has 0 aliphatic rings. The molecule has 5 heteroatoms. The number of benzene rings is 2. The summed E-state index contributed by atoms with van der Waals surface area (Å²) >= 11 is 0. The summed E-state index contributed by atoms with van der Waals surface area (Å²) in [4.78, 5) is 23.7. The summed E-state index contributed by atoms with van der Waals surface area (Å²) in [7, 11) is 1.30. The lowest BCUT2D eigenvalue weighted by atomic mass is 10.1. The molecule has 0 unspecified atom stereocenters. The molecule has 0 aliphatic heterocycles. The van der Waals surface area contributed by atoms with Crippen molar-refractivity contribution in [3.8, 4) is 6.07 Å². The van der Waals surface area contributed by atoms with Gasteiger partial charge in [0.05, 0.1) is 30.0 Å². The minimum absolute atomic E-state index is 0.189. The van der Waals surface area contributed by atoms with Crippen molar-refractivity contribution in [2.24, 2.45) is 0 Å². The van der Waals surface area contributed by atoms with Crippen molar-refractivity contribution in [1.29, 1.82) is 5.26 Å². The molecule has 1 amide bonds. The minimum atomic E-state index is -0.493. The zero-order valence-corrected chi connectivity index (χ0v) is 12.7. The Morgan fingerprint density at radius 3 is 2.48 bits per heavy atom. The Morgan fingerprint density at radius 2 is 1.83 bits per heavy atom. The predicted octanol–water partition coefficient (Wildman–Crippen LogP) is 2.92. The molecule has 1 N–H and O–H groups in total. The van der Waals surface area contributed by atoms with E-state index in [0.29, 0.717) is 23.2 Å². The third-order valence-corrected chi connectivity index (χ3v) is 3.33. The Labute approximate surface area is 134 Å². The molecule has 0 saturated heterocycles. The topological polar surface area (TPSA) is 79.2 Å². The monoisotopic (exact) mass is 308 g/mol. The highest BCUT2D eigenvalue weighted by molar-refractivity contribution is 6.01. The molecule has 0 saturated carbocycles. The summed E-state index contributed by atoms with van der Waals surface area (Å²) in [6.45, 7) is 0. The Kier molecular flexibility index (Phi) is 5.48. The van der Waals surface area contributed by atoms with Gasteiger partial charge in [0.15, 0.2) is 0 Å². The summed E-state index contributed by atoms with van der Waals surface area (Å²) in [6.07, 6.45) is 0.833. The number of nitrogens with zero attached hydrogens (tertiary/aromatic N) is 1. The maximum atomic E-state index is 12.1. The summed E-state index contributed by atoms with van der Waals surface area (Å²) < 4.78 is 4.69. The number of nitriles is 1. The molecule has 5 nitrogen and oxygen atoms in total. The smallest absolute Gasteiger partial charge is 0.339 e. The van der Waals surface area contributed by atoms with Gasteiger partial charge in [-0.05, 0) is 36.2 Å². The first-order chi connectivity index (χ1) is 11.1. The number of hydrogen-bond donors (Lipinski definition) is 1. The van der Waals surface area contributed by atoms with Gasteiger partial charge in [-0.2, -0.15) is 5.26 Å². The van der Waals surface area contributed by atoms with E-state index in [0.717, 1.165) is 5.56 Å². The molecule has 2 rings (SSSR count). The van der Waals surface area contributed by atoms with Crippen LogP contribution in [-0.4, -0.2) is 19.0 Å². The first kappa shape index (κ1) is 16.2. The van der Waals surface area contributed by atoms with Crippen LogP contribution in [-0.2, 0) is 16.0 Å². The van der Waals surface area contributed by atoms with Gasteiger partial charge in [-0.1, -0.05) is 24.3 Å². The van der Waals surface area contributed by atoms with Crippen molar-refractivity contribution in [3.05, 3.63) is 65.2 Å². The highest BCUT2D eigenvalue weighted by atomic mass is 16.5. The van der Waals surface area contributed by atoms with E-state index in [9.17, 15) is 9.59 Å². The first-order valence-electron chi connectivity index (χ1n) is 7.10. The van der Waals surface area contributed by atoms with Crippen molar-refractivity contribution in [2.45, 2.75) is 12.8 Å². The number of esters is 1. The highest BCUT2D eigenvalue weighted by Gasteiger charge is 2.13. The van der Waals surface area contributed by atoms with Crippen molar-refractivity contribution in [1.82, 2.24) is 0 Å². The number of rotatable bonds is 5. The van der Waals surface area contributed by atoms with Crippen LogP contribution in [0.3, 0.4) is 0 Å². The van der Waals surface area contributed by atoms with Gasteiger partial charge in [0, 0.05) is 6.42 Å². The number of anilines is 1. The second kappa shape index (κ2) is 7.76. The second-order valence-electron chi connectivity index (χ2n) is 4.89. The minimum Gasteiger partial charge on any atom is -0.465 e. The average molecular weight is 308 g/mol. The molecular weight excluding hydrogens is 292 g/mol. The molecule has 0 heterocycles. The first-order valence-corrected chi connectivity index (χ1v) is 7.10. The number of nitrogens with one attached hydrogen (secondary N) is 1. The van der Waals surface area contributed by atoms with Gasteiger partial charge in [-0.15, -0.1) is 0 Å². The van der Waals surface area contributed by atoms with Crippen molar-refractivity contribution in [2.75, 3.05) is 12.4 Å². The fourth-order valence-electron chi connectivity index (χ4n) is 2.10. The van der Waals surface area contributed by atoms with Crippen LogP contribution >= 0.6 is 0 Å². The fraction of sp³-hybridized carbons (Fsp3) is 0.167. The normalized spacial score (nSPS) is 9.74. The second-order valence-corrected chi connectivity index (χ2v) is 4.89. The van der Waals surface area contributed by atoms with Crippen LogP contribution in [0.5, 0.6) is 0 Å². The van der Waals surface area contributed by atoms with E-state index in [-0.39, 0.29) is 12.3 Å². The highest BCUT2D eigenvalue weighted by Crippen LogP contribution is 2.16. The van der Waals surface area contributed by atoms with Crippen LogP contribution in [0.2, 0.25) is 0 Å². The van der Waals surface area contributed by atoms with Crippen LogP contribution in [0.25, 0.3) is 0 Å².